The van der Waals surface area contributed by atoms with Gasteiger partial charge in [0.2, 0.25) is 0 Å². The summed E-state index contributed by atoms with van der Waals surface area (Å²) in [6.07, 6.45) is 0. The Morgan fingerprint density at radius 3 is 2.89 bits per heavy atom. The number of rotatable bonds is 1. The van der Waals surface area contributed by atoms with Crippen molar-refractivity contribution in [3.63, 3.8) is 0 Å². The van der Waals surface area contributed by atoms with E-state index in [4.69, 9.17) is 5.48 Å². The second-order valence-electron chi connectivity index (χ2n) is 1.43. The smallest absolute Gasteiger partial charge is 0.127 e. The van der Waals surface area contributed by atoms with Crippen LogP contribution in [0.5, 0.6) is 0 Å². The Morgan fingerprint density at radius 2 is 2.22 bits per heavy atom. The van der Waals surface area contributed by atoms with Crippen LogP contribution in [0.1, 0.15) is 11.0 Å². The van der Waals surface area contributed by atoms with E-state index in [2.05, 4.69) is 15.9 Å². The Kier molecular flexibility index (Phi) is 1.04. The van der Waals surface area contributed by atoms with E-state index in [-0.39, 0.29) is 16.9 Å². The standard InChI is InChI=1S/C7H6BrF/c8-5-6-3-1-2-4-7(6)9/h1-4H,5H2/i1D,2D,3D,4D. The van der Waals surface area contributed by atoms with Crippen molar-refractivity contribution < 1.29 is 9.87 Å². The normalized spacial score (nSPS) is 15.8. The van der Waals surface area contributed by atoms with Crippen LogP contribution in [0.4, 0.5) is 4.39 Å². The molecule has 0 unspecified atom stereocenters. The van der Waals surface area contributed by atoms with Crippen LogP contribution in [-0.4, -0.2) is 0 Å². The highest BCUT2D eigenvalue weighted by molar-refractivity contribution is 9.08. The van der Waals surface area contributed by atoms with Crippen molar-refractivity contribution in [2.75, 3.05) is 0 Å². The summed E-state index contributed by atoms with van der Waals surface area (Å²) >= 11 is 2.96. The molecule has 1 aromatic carbocycles. The van der Waals surface area contributed by atoms with Gasteiger partial charge in [0.15, 0.2) is 0 Å². The molecule has 0 fully saturated rings. The highest BCUT2D eigenvalue weighted by atomic mass is 79.9. The fraction of sp³-hybridized carbons (Fsp3) is 0.143. The van der Waals surface area contributed by atoms with Gasteiger partial charge < -0.3 is 0 Å². The topological polar surface area (TPSA) is 0 Å². The zero-order valence-corrected chi connectivity index (χ0v) is 6.05. The van der Waals surface area contributed by atoms with Crippen molar-refractivity contribution in [1.82, 2.24) is 0 Å². The first-order valence-electron chi connectivity index (χ1n) is 4.31. The molecular weight excluding hydrogens is 183 g/mol. The number of benzene rings is 1. The van der Waals surface area contributed by atoms with E-state index >= 15 is 0 Å². The van der Waals surface area contributed by atoms with Crippen molar-refractivity contribution in [2.45, 2.75) is 5.33 Å². The molecule has 0 spiro atoms. The first-order valence-corrected chi connectivity index (χ1v) is 3.43. The molecule has 0 aliphatic rings. The molecule has 0 saturated heterocycles. The molecule has 0 aliphatic carbocycles. The van der Waals surface area contributed by atoms with Crippen LogP contribution in [0, 0.1) is 5.82 Å². The van der Waals surface area contributed by atoms with Crippen LogP contribution in [0.25, 0.3) is 0 Å². The fourth-order valence-electron chi connectivity index (χ4n) is 0.415. The number of hydrogen-bond acceptors (Lipinski definition) is 0. The first-order chi connectivity index (χ1) is 6.00. The van der Waals surface area contributed by atoms with E-state index in [1.165, 1.54) is 0 Å². The molecule has 0 amide bonds. The summed E-state index contributed by atoms with van der Waals surface area (Å²) in [6.45, 7) is 0. The van der Waals surface area contributed by atoms with E-state index in [0.29, 0.717) is 0 Å². The lowest BCUT2D eigenvalue weighted by Crippen LogP contribution is -1.81. The third-order valence-electron chi connectivity index (χ3n) is 0.847. The van der Waals surface area contributed by atoms with Gasteiger partial charge in [-0.2, -0.15) is 0 Å². The van der Waals surface area contributed by atoms with Crippen LogP contribution in [0.15, 0.2) is 24.2 Å². The minimum absolute atomic E-state index is 0.0361. The first kappa shape index (κ1) is 3.15. The highest BCUT2D eigenvalue weighted by Crippen LogP contribution is 2.09. The summed E-state index contributed by atoms with van der Waals surface area (Å²) in [6, 6.07) is -1.88. The van der Waals surface area contributed by atoms with Gasteiger partial charge in [0.25, 0.3) is 0 Å². The van der Waals surface area contributed by atoms with Gasteiger partial charge in [0.05, 0.1) is 5.48 Å². The van der Waals surface area contributed by atoms with Gasteiger partial charge in [-0.25, -0.2) is 4.39 Å². The third-order valence-corrected chi connectivity index (χ3v) is 1.41. The maximum absolute atomic E-state index is 13.2. The summed E-state index contributed by atoms with van der Waals surface area (Å²) in [5.41, 5.74) is -0.0361. The number of hydrogen-bond donors (Lipinski definition) is 0. The van der Waals surface area contributed by atoms with E-state index < -0.39 is 23.9 Å². The Labute approximate surface area is 67.4 Å². The van der Waals surface area contributed by atoms with Crippen molar-refractivity contribution in [2.24, 2.45) is 0 Å². The van der Waals surface area contributed by atoms with Crippen LogP contribution in [-0.2, 0) is 5.33 Å². The molecule has 0 aliphatic heterocycles. The zero-order chi connectivity index (χ0) is 10.2. The maximum atomic E-state index is 13.2. The summed E-state index contributed by atoms with van der Waals surface area (Å²) in [5.74, 6) is -0.886. The highest BCUT2D eigenvalue weighted by Gasteiger charge is 1.94. The average molecular weight is 193 g/mol. The largest absolute Gasteiger partial charge is 0.207 e. The molecule has 0 radical (unpaired) electrons. The van der Waals surface area contributed by atoms with Crippen molar-refractivity contribution >= 4 is 15.9 Å². The minimum atomic E-state index is -0.886. The SMILES string of the molecule is [2H]c1c([2H])c([2H])c(CBr)c(F)c1[2H]. The molecular formula is C7H6BrF. The molecule has 0 heterocycles. The van der Waals surface area contributed by atoms with Crippen LogP contribution in [0.3, 0.4) is 0 Å². The van der Waals surface area contributed by atoms with E-state index in [9.17, 15) is 4.39 Å². The van der Waals surface area contributed by atoms with Gasteiger partial charge >= 0.3 is 0 Å². The predicted molar refractivity (Wildman–Crippen MR) is 39.0 cm³/mol. The molecule has 9 heavy (non-hydrogen) atoms. The zero-order valence-electron chi connectivity index (χ0n) is 8.46. The fourth-order valence-corrected chi connectivity index (χ4v) is 0.802. The Morgan fingerprint density at radius 1 is 1.56 bits per heavy atom. The second-order valence-corrected chi connectivity index (χ2v) is 1.99. The molecule has 1 aromatic rings. The molecule has 0 saturated carbocycles. The van der Waals surface area contributed by atoms with Gasteiger partial charge in [-0.05, 0) is 11.6 Å². The molecule has 0 bridgehead atoms. The van der Waals surface area contributed by atoms with E-state index in [1.807, 2.05) is 0 Å². The Balaban J connectivity index is 3.56. The van der Waals surface area contributed by atoms with Crippen molar-refractivity contribution in [3.8, 4) is 0 Å². The predicted octanol–water partition coefficient (Wildman–Crippen LogP) is 2.72. The van der Waals surface area contributed by atoms with Crippen LogP contribution >= 0.6 is 15.9 Å². The summed E-state index contributed by atoms with van der Waals surface area (Å²) < 4.78 is 42.0. The van der Waals surface area contributed by atoms with Gasteiger partial charge in [-0.15, -0.1) is 0 Å². The molecule has 0 N–H and O–H groups in total. The summed E-state index contributed by atoms with van der Waals surface area (Å²) in [5, 5.41) is 0.0791. The number of halogens is 2. The maximum Gasteiger partial charge on any atom is 0.127 e. The molecule has 1 rings (SSSR count). The Bertz CT molecular complexity index is 324. The van der Waals surface area contributed by atoms with Crippen LogP contribution in [0.2, 0.25) is 0 Å². The second kappa shape index (κ2) is 2.97. The number of alkyl halides is 1. The van der Waals surface area contributed by atoms with Crippen molar-refractivity contribution in [3.05, 3.63) is 35.6 Å². The van der Waals surface area contributed by atoms with Gasteiger partial charge in [-0.3, -0.25) is 0 Å². The quantitative estimate of drug-likeness (QED) is 0.601. The van der Waals surface area contributed by atoms with Gasteiger partial charge in [-0.1, -0.05) is 34.1 Å². The minimum Gasteiger partial charge on any atom is -0.207 e. The third kappa shape index (κ3) is 1.52. The molecule has 2 heteroatoms. The lowest BCUT2D eigenvalue weighted by Gasteiger charge is -1.93. The van der Waals surface area contributed by atoms with Gasteiger partial charge in [0.1, 0.15) is 5.82 Å². The Hall–Kier alpha value is -0.370. The molecule has 48 valence electrons. The average Bonchev–Trinajstić information content (AvgIpc) is 2.13. The molecule has 0 atom stereocenters. The van der Waals surface area contributed by atoms with E-state index in [0.717, 1.165) is 0 Å². The van der Waals surface area contributed by atoms with Crippen molar-refractivity contribution in [1.29, 1.82) is 0 Å². The lowest BCUT2D eigenvalue weighted by atomic mass is 10.2. The molecule has 0 aromatic heterocycles. The lowest BCUT2D eigenvalue weighted by molar-refractivity contribution is 0.618. The summed E-state index contributed by atoms with van der Waals surface area (Å²) in [7, 11) is 0. The van der Waals surface area contributed by atoms with E-state index in [1.54, 1.807) is 0 Å². The monoisotopic (exact) mass is 192 g/mol. The summed E-state index contributed by atoms with van der Waals surface area (Å²) in [4.78, 5) is 0. The van der Waals surface area contributed by atoms with Crippen LogP contribution < -0.4 is 0 Å². The van der Waals surface area contributed by atoms with Gasteiger partial charge in [0, 0.05) is 5.33 Å². The molecule has 0 nitrogen and oxygen atoms in total.